The summed E-state index contributed by atoms with van der Waals surface area (Å²) in [6.45, 7) is 30.5. The molecule has 1 aliphatic rings. The number of nitrogens with zero attached hydrogens (tertiary/aromatic N) is 4. The largest absolute Gasteiger partial charge is 0.509 e. The van der Waals surface area contributed by atoms with E-state index in [4.69, 9.17) is 17.9 Å². The van der Waals surface area contributed by atoms with Crippen LogP contribution in [0.2, 0.25) is 0 Å². The molecule has 402 valence electrons. The topological polar surface area (TPSA) is 33.5 Å². The molecular weight excluding hydrogens is 1160 g/mol. The number of hydrogen-bond donors (Lipinski definition) is 0. The molecule has 0 saturated heterocycles. The van der Waals surface area contributed by atoms with E-state index >= 15 is 0 Å². The van der Waals surface area contributed by atoms with Crippen molar-refractivity contribution in [3.8, 4) is 39.6 Å². The molecule has 4 heterocycles. The molecule has 1 aliphatic heterocycles. The Morgan fingerprint density at radius 1 is 0.570 bits per heavy atom. The summed E-state index contributed by atoms with van der Waals surface area (Å²) in [6.07, 6.45) is 1.71. The van der Waals surface area contributed by atoms with Gasteiger partial charge in [0, 0.05) is 94.0 Å². The number of rotatable bonds is 7. The molecule has 5 nitrogen and oxygen atoms in total. The first kappa shape index (κ1) is 39.4. The molecule has 12 rings (SSSR count). The molecular formula is C72H69N4OPtS-3. The van der Waals surface area contributed by atoms with E-state index < -0.39 is 65.8 Å². The Balaban J connectivity index is 0.00000884. The normalized spacial score (nSPS) is 15.7. The third kappa shape index (κ3) is 9.37. The van der Waals surface area contributed by atoms with Gasteiger partial charge < -0.3 is 19.1 Å². The Bertz CT molecular complexity index is 4880. The number of aromatic nitrogens is 2. The number of anilines is 4. The standard InChI is InChI=1S/C72H69N4OS.Pt/c1-44-62(46-24-17-15-18-25-46)66(63(47-26-19-16-20-27-47)45(2)65(44)72(12,13)14)75-43-74(57-30-21-22-31-58(57)75)50-28-23-29-51(41-50)77-52-32-33-54-60(42-52)76(61-40-48(36-37-73-61)69(3,4)5)59-35-34-53-55-38-49(70(6,7)8)39-56(71(9,10)11)67(55)78-68(53)64(54)59;/h15-40,43H,1-14H3;/q-3;/i15D,16D,17D,18D,19D,20D,24D,25D,26D,27D,32D,33D,34D,35D;. The first-order valence-electron chi connectivity index (χ1n) is 33.3. The first-order valence-corrected chi connectivity index (χ1v) is 27.1. The van der Waals surface area contributed by atoms with Crippen molar-refractivity contribution in [3.05, 3.63) is 210 Å². The molecule has 0 unspecified atom stereocenters. The molecule has 0 N–H and O–H groups in total. The molecule has 0 bridgehead atoms. The second-order valence-corrected chi connectivity index (χ2v) is 25.4. The van der Waals surface area contributed by atoms with Gasteiger partial charge in [-0.2, -0.15) is 12.1 Å². The Hall–Kier alpha value is -6.98. The number of fused-ring (bicyclic) bond motifs is 8. The van der Waals surface area contributed by atoms with Crippen molar-refractivity contribution in [2.24, 2.45) is 0 Å². The van der Waals surface area contributed by atoms with Crippen molar-refractivity contribution >= 4 is 76.1 Å². The molecule has 79 heavy (non-hydrogen) atoms. The van der Waals surface area contributed by atoms with Crippen LogP contribution in [0.25, 0.3) is 70.0 Å². The van der Waals surface area contributed by atoms with Crippen molar-refractivity contribution < 1.29 is 45.0 Å². The van der Waals surface area contributed by atoms with E-state index in [0.29, 0.717) is 71.5 Å². The quantitative estimate of drug-likeness (QED) is 0.149. The van der Waals surface area contributed by atoms with Gasteiger partial charge in [-0.1, -0.05) is 173 Å². The Morgan fingerprint density at radius 2 is 1.19 bits per heavy atom. The van der Waals surface area contributed by atoms with E-state index in [1.165, 1.54) is 11.3 Å². The summed E-state index contributed by atoms with van der Waals surface area (Å²) < 4.78 is 141. The van der Waals surface area contributed by atoms with Crippen LogP contribution in [-0.2, 0) is 42.7 Å². The van der Waals surface area contributed by atoms with E-state index in [0.717, 1.165) is 26.8 Å². The zero-order valence-electron chi connectivity index (χ0n) is 60.9. The van der Waals surface area contributed by atoms with Gasteiger partial charge in [-0.3, -0.25) is 0 Å². The van der Waals surface area contributed by atoms with Crippen molar-refractivity contribution in [2.45, 2.75) is 119 Å². The van der Waals surface area contributed by atoms with Crippen LogP contribution >= 0.6 is 11.3 Å². The van der Waals surface area contributed by atoms with E-state index in [1.807, 2.05) is 71.0 Å². The van der Waals surface area contributed by atoms with Gasteiger partial charge in [0.2, 0.25) is 0 Å². The number of pyridine rings is 1. The van der Waals surface area contributed by atoms with Gasteiger partial charge in [-0.15, -0.1) is 59.4 Å². The monoisotopic (exact) mass is 1250 g/mol. The van der Waals surface area contributed by atoms with Crippen LogP contribution in [0, 0.1) is 32.6 Å². The number of para-hydroxylation sites is 2. The van der Waals surface area contributed by atoms with Gasteiger partial charge >= 0.3 is 0 Å². The maximum atomic E-state index is 10.0. The first-order chi connectivity index (χ1) is 42.9. The number of thiophene rings is 1. The van der Waals surface area contributed by atoms with Gasteiger partial charge in [0.1, 0.15) is 5.82 Å². The summed E-state index contributed by atoms with van der Waals surface area (Å²) in [7, 11) is 0. The molecule has 3 aromatic heterocycles. The Morgan fingerprint density at radius 3 is 1.80 bits per heavy atom. The molecule has 11 aromatic rings. The van der Waals surface area contributed by atoms with E-state index in [1.54, 1.807) is 45.4 Å². The van der Waals surface area contributed by atoms with Crippen molar-refractivity contribution in [2.75, 3.05) is 9.80 Å². The Kier molecular flexibility index (Phi) is 9.81. The van der Waals surface area contributed by atoms with Crippen LogP contribution in [0.15, 0.2) is 158 Å². The fraction of sp³-hybridized carbons (Fsp3) is 0.250. The van der Waals surface area contributed by atoms with Crippen LogP contribution in [-0.4, -0.2) is 9.55 Å². The average molecular weight is 1250 g/mol. The summed E-state index contributed by atoms with van der Waals surface area (Å²) in [4.78, 5) is 8.46. The number of benzene rings is 8. The minimum absolute atomic E-state index is 0. The van der Waals surface area contributed by atoms with Crippen LogP contribution in [0.3, 0.4) is 0 Å². The summed E-state index contributed by atoms with van der Waals surface area (Å²) in [5.74, 6) is 0.433. The zero-order valence-corrected chi connectivity index (χ0v) is 50.0. The van der Waals surface area contributed by atoms with E-state index in [9.17, 15) is 11.0 Å². The molecule has 0 amide bonds. The predicted molar refractivity (Wildman–Crippen MR) is 332 cm³/mol. The van der Waals surface area contributed by atoms with Crippen molar-refractivity contribution in [1.82, 2.24) is 9.55 Å². The maximum Gasteiger partial charge on any atom is 0.135 e. The van der Waals surface area contributed by atoms with E-state index in [2.05, 4.69) is 86.6 Å². The fourth-order valence-corrected chi connectivity index (χ4v) is 12.8. The summed E-state index contributed by atoms with van der Waals surface area (Å²) >= 11 is 1.53. The molecule has 8 aromatic carbocycles. The van der Waals surface area contributed by atoms with E-state index in [-0.39, 0.29) is 101 Å². The third-order valence-electron chi connectivity index (χ3n) is 14.9. The van der Waals surface area contributed by atoms with Crippen molar-refractivity contribution in [1.29, 1.82) is 0 Å². The van der Waals surface area contributed by atoms with Gasteiger partial charge in [0.25, 0.3) is 0 Å². The Labute approximate surface area is 505 Å². The molecule has 7 heteroatoms. The summed E-state index contributed by atoms with van der Waals surface area (Å²) in [5, 5.41) is 2.37. The molecule has 0 atom stereocenters. The third-order valence-corrected chi connectivity index (χ3v) is 16.1. The minimum atomic E-state index is -0.702. The van der Waals surface area contributed by atoms with Crippen LogP contribution in [0.4, 0.5) is 22.7 Å². The smallest absolute Gasteiger partial charge is 0.135 e. The SMILES string of the molecule is [2H]c1c([2H])c([2H])c(-c2c(C)c(C(C)(C)C)c(C)c(-c3c([2H])c([2H])c([2H])c([2H])c3[2H])c2N2[CH-]N(c3[c-]c(Oc4[c-]c5c(c([2H])c4[2H])c4c6sc7c(C(C)(C)C)cc(C(C)(C)C)cc7c6c([2H])c([2H])c4n5-c4cc(C(C)(C)C)ccn4)ccc3)c3ccccc32)c([2H])c1[2H].[Pt]. The summed E-state index contributed by atoms with van der Waals surface area (Å²) in [6, 6.07) is 21.6. The molecule has 0 aliphatic carbocycles. The molecule has 0 saturated carbocycles. The number of hydrogen-bond acceptors (Lipinski definition) is 5. The predicted octanol–water partition coefficient (Wildman–Crippen LogP) is 20.5. The molecule has 0 radical (unpaired) electrons. The molecule has 0 fully saturated rings. The van der Waals surface area contributed by atoms with Gasteiger partial charge in [-0.05, 0) is 123 Å². The maximum absolute atomic E-state index is 10.0. The average Bonchev–Trinajstić information content (AvgIpc) is 1.61. The second-order valence-electron chi connectivity index (χ2n) is 24.4. The van der Waals surface area contributed by atoms with Crippen LogP contribution in [0.1, 0.15) is 136 Å². The van der Waals surface area contributed by atoms with Crippen LogP contribution in [0.5, 0.6) is 11.5 Å². The minimum Gasteiger partial charge on any atom is -0.509 e. The van der Waals surface area contributed by atoms with Gasteiger partial charge in [0.15, 0.2) is 0 Å². The van der Waals surface area contributed by atoms with Crippen LogP contribution < -0.4 is 14.5 Å². The van der Waals surface area contributed by atoms with Crippen molar-refractivity contribution in [3.63, 3.8) is 0 Å². The summed E-state index contributed by atoms with van der Waals surface area (Å²) in [5.41, 5.74) is 5.84. The molecule has 0 spiro atoms. The van der Waals surface area contributed by atoms with Gasteiger partial charge in [-0.25, -0.2) is 4.98 Å². The number of ether oxygens (including phenoxy) is 1. The zero-order chi connectivity index (χ0) is 67.0. The second kappa shape index (κ2) is 19.7. The fourth-order valence-electron chi connectivity index (χ4n) is 11.3. The van der Waals surface area contributed by atoms with Gasteiger partial charge in [0.05, 0.1) is 16.4 Å².